The van der Waals surface area contributed by atoms with E-state index in [0.29, 0.717) is 0 Å². The number of hydrogen-bond donors (Lipinski definition) is 2. The van der Waals surface area contributed by atoms with E-state index in [1.165, 1.54) is 14.0 Å². The molecule has 0 aliphatic heterocycles. The zero-order valence-corrected chi connectivity index (χ0v) is 4.92. The summed E-state index contributed by atoms with van der Waals surface area (Å²) in [4.78, 5) is 0. The van der Waals surface area contributed by atoms with Gasteiger partial charge in [-0.25, -0.2) is 5.11 Å². The Kier molecular flexibility index (Phi) is 5.10. The summed E-state index contributed by atoms with van der Waals surface area (Å²) in [6.07, 6.45) is 0. The molecule has 0 spiro atoms. The average Bonchev–Trinajstić information content (AvgIpc) is 1.68. The van der Waals surface area contributed by atoms with Crippen LogP contribution in [0.4, 0.5) is 0 Å². The summed E-state index contributed by atoms with van der Waals surface area (Å²) >= 11 is 0. The van der Waals surface area contributed by atoms with Crippen LogP contribution in [-0.2, 0) is 9.84 Å². The Hall–Kier alpha value is -0.160. The molecule has 0 aromatic rings. The fraction of sp³-hybridized carbons (Fsp3) is 1.00. The van der Waals surface area contributed by atoms with Crippen LogP contribution in [0.2, 0.25) is 0 Å². The van der Waals surface area contributed by atoms with Crippen LogP contribution < -0.4 is 0 Å². The standard InChI is InChI=1S/C4H9O3.HO/c1-4(6,3-5)7-2;/h6H,3H2,1-2H3;1H. The van der Waals surface area contributed by atoms with Crippen molar-refractivity contribution < 1.29 is 20.4 Å². The quantitative estimate of drug-likeness (QED) is 0.488. The van der Waals surface area contributed by atoms with Gasteiger partial charge in [0.25, 0.3) is 0 Å². The zero-order chi connectivity index (χ0) is 5.91. The second kappa shape index (κ2) is 3.80. The van der Waals surface area contributed by atoms with Gasteiger partial charge in [-0.05, 0) is 6.92 Å². The molecule has 0 aliphatic carbocycles. The first-order valence-corrected chi connectivity index (χ1v) is 1.98. The SMILES string of the molecule is COC(C)(O)C[O].[OH]. The normalized spacial score (nSPS) is 16.5. The Morgan fingerprint density at radius 3 is 2.12 bits per heavy atom. The first-order valence-electron chi connectivity index (χ1n) is 1.98. The van der Waals surface area contributed by atoms with Crippen molar-refractivity contribution in [3.63, 3.8) is 0 Å². The van der Waals surface area contributed by atoms with Crippen molar-refractivity contribution in [3.05, 3.63) is 0 Å². The number of methoxy groups -OCH3 is 1. The molecule has 0 rings (SSSR count). The highest BCUT2D eigenvalue weighted by atomic mass is 16.6. The van der Waals surface area contributed by atoms with Crippen LogP contribution in [-0.4, -0.2) is 30.1 Å². The van der Waals surface area contributed by atoms with E-state index in [4.69, 9.17) is 5.11 Å². The number of ether oxygens (including phenoxy) is 1. The predicted molar refractivity (Wildman–Crippen MR) is 25.1 cm³/mol. The van der Waals surface area contributed by atoms with Crippen LogP contribution in [0.1, 0.15) is 6.92 Å². The third kappa shape index (κ3) is 4.01. The van der Waals surface area contributed by atoms with Gasteiger partial charge in [0.1, 0.15) is 6.61 Å². The largest absolute Gasteiger partial charge is 0.364 e. The molecule has 2 radical (unpaired) electrons. The number of aliphatic hydroxyl groups is 1. The molecule has 0 fully saturated rings. The van der Waals surface area contributed by atoms with Crippen LogP contribution in [0.5, 0.6) is 0 Å². The van der Waals surface area contributed by atoms with E-state index >= 15 is 0 Å². The maximum absolute atomic E-state index is 9.81. The van der Waals surface area contributed by atoms with Crippen molar-refractivity contribution in [2.75, 3.05) is 13.7 Å². The van der Waals surface area contributed by atoms with Crippen LogP contribution in [0.3, 0.4) is 0 Å². The van der Waals surface area contributed by atoms with Gasteiger partial charge in [-0.15, -0.1) is 0 Å². The van der Waals surface area contributed by atoms with Crippen LogP contribution in [0, 0.1) is 0 Å². The molecule has 4 heteroatoms. The lowest BCUT2D eigenvalue weighted by atomic mass is 10.4. The molecular weight excluding hydrogens is 112 g/mol. The van der Waals surface area contributed by atoms with E-state index in [9.17, 15) is 5.11 Å². The Morgan fingerprint density at radius 1 is 1.75 bits per heavy atom. The Labute approximate surface area is 48.0 Å². The highest BCUT2D eigenvalue weighted by Gasteiger charge is 2.16. The van der Waals surface area contributed by atoms with Crippen molar-refractivity contribution in [1.82, 2.24) is 0 Å². The molecule has 8 heavy (non-hydrogen) atoms. The summed E-state index contributed by atoms with van der Waals surface area (Å²) in [7, 11) is 1.29. The summed E-state index contributed by atoms with van der Waals surface area (Å²) in [5.41, 5.74) is 0. The minimum atomic E-state index is -1.47. The first kappa shape index (κ1) is 10.8. The second-order valence-electron chi connectivity index (χ2n) is 1.52. The van der Waals surface area contributed by atoms with E-state index in [2.05, 4.69) is 4.74 Å². The molecule has 1 unspecified atom stereocenters. The predicted octanol–water partition coefficient (Wildman–Crippen LogP) is -0.405. The molecule has 0 aromatic carbocycles. The number of rotatable bonds is 2. The van der Waals surface area contributed by atoms with Gasteiger partial charge in [0, 0.05) is 7.11 Å². The summed E-state index contributed by atoms with van der Waals surface area (Å²) < 4.78 is 4.33. The van der Waals surface area contributed by atoms with Gasteiger partial charge in [0.15, 0.2) is 5.79 Å². The van der Waals surface area contributed by atoms with Gasteiger partial charge < -0.3 is 9.84 Å². The Morgan fingerprint density at radius 2 is 2.12 bits per heavy atom. The Balaban J connectivity index is 0. The molecule has 0 amide bonds. The maximum Gasteiger partial charge on any atom is 0.189 e. The molecule has 50 valence electrons. The minimum absolute atomic E-state index is 0. The molecule has 0 aliphatic rings. The second-order valence-corrected chi connectivity index (χ2v) is 1.52. The fourth-order valence-electron chi connectivity index (χ4n) is 0.0589. The Bertz CT molecular complexity index is 46.0. The summed E-state index contributed by atoms with van der Waals surface area (Å²) in [6.45, 7) is 0.698. The molecule has 0 saturated carbocycles. The highest BCUT2D eigenvalue weighted by Crippen LogP contribution is 1.99. The molecule has 0 aromatic heterocycles. The monoisotopic (exact) mass is 122 g/mol. The van der Waals surface area contributed by atoms with Crippen molar-refractivity contribution in [2.24, 2.45) is 0 Å². The van der Waals surface area contributed by atoms with Crippen molar-refractivity contribution in [3.8, 4) is 0 Å². The lowest BCUT2D eigenvalue weighted by Gasteiger charge is -2.15. The smallest absolute Gasteiger partial charge is 0.189 e. The molecule has 0 bridgehead atoms. The lowest BCUT2D eigenvalue weighted by Crippen LogP contribution is -2.30. The fourth-order valence-corrected chi connectivity index (χ4v) is 0.0589. The van der Waals surface area contributed by atoms with Crippen LogP contribution >= 0.6 is 0 Å². The molecule has 4 nitrogen and oxygen atoms in total. The van der Waals surface area contributed by atoms with Gasteiger partial charge in [-0.3, -0.25) is 5.48 Å². The van der Waals surface area contributed by atoms with Crippen molar-refractivity contribution in [2.45, 2.75) is 12.7 Å². The topological polar surface area (TPSA) is 79.4 Å². The maximum atomic E-state index is 9.81. The van der Waals surface area contributed by atoms with E-state index in [-0.39, 0.29) is 5.48 Å². The van der Waals surface area contributed by atoms with Gasteiger partial charge >= 0.3 is 0 Å². The van der Waals surface area contributed by atoms with Gasteiger partial charge in [0.2, 0.25) is 0 Å². The molecule has 2 N–H and O–H groups in total. The van der Waals surface area contributed by atoms with E-state index in [0.717, 1.165) is 0 Å². The van der Waals surface area contributed by atoms with Gasteiger partial charge in [-0.2, -0.15) is 0 Å². The van der Waals surface area contributed by atoms with Crippen LogP contribution in [0.15, 0.2) is 0 Å². The van der Waals surface area contributed by atoms with E-state index < -0.39 is 12.4 Å². The summed E-state index contributed by atoms with van der Waals surface area (Å²) in [5, 5.41) is 18.4. The van der Waals surface area contributed by atoms with Gasteiger partial charge in [-0.1, -0.05) is 0 Å². The highest BCUT2D eigenvalue weighted by molar-refractivity contribution is 4.52. The third-order valence-electron chi connectivity index (χ3n) is 0.708. The molecule has 0 heterocycles. The average molecular weight is 122 g/mol. The molecule has 0 saturated heterocycles. The van der Waals surface area contributed by atoms with Gasteiger partial charge in [0.05, 0.1) is 0 Å². The van der Waals surface area contributed by atoms with Crippen molar-refractivity contribution >= 4 is 0 Å². The van der Waals surface area contributed by atoms with Crippen LogP contribution in [0.25, 0.3) is 0 Å². The first-order chi connectivity index (χ1) is 3.12. The summed E-state index contributed by atoms with van der Waals surface area (Å²) in [5.74, 6) is -1.47. The lowest BCUT2D eigenvalue weighted by molar-refractivity contribution is -0.204. The molecule has 1 atom stereocenters. The van der Waals surface area contributed by atoms with E-state index in [1.54, 1.807) is 0 Å². The van der Waals surface area contributed by atoms with Crippen molar-refractivity contribution in [1.29, 1.82) is 0 Å². The zero-order valence-electron chi connectivity index (χ0n) is 4.92. The minimum Gasteiger partial charge on any atom is -0.364 e. The molecular formula is C4H10O4. The summed E-state index contributed by atoms with van der Waals surface area (Å²) in [6, 6.07) is 0. The van der Waals surface area contributed by atoms with E-state index in [1.807, 2.05) is 0 Å². The third-order valence-corrected chi connectivity index (χ3v) is 0.708. The number of hydrogen-bond acceptors (Lipinski definition) is 2.